The minimum absolute atomic E-state index is 1.05. The molecule has 1 rings (SSSR count). The van der Waals surface area contributed by atoms with E-state index in [0.717, 1.165) is 11.8 Å². The third-order valence-electron chi connectivity index (χ3n) is 2.51. The molecular weight excluding hydrogens is 120 g/mol. The van der Waals surface area contributed by atoms with Crippen LogP contribution in [0.25, 0.3) is 0 Å². The molecule has 0 amide bonds. The molecule has 0 heterocycles. The Hall–Kier alpha value is -0.260. The fourth-order valence-electron chi connectivity index (χ4n) is 1.50. The van der Waals surface area contributed by atoms with Gasteiger partial charge in [0.2, 0.25) is 0 Å². The van der Waals surface area contributed by atoms with Gasteiger partial charge in [0.1, 0.15) is 0 Å². The summed E-state index contributed by atoms with van der Waals surface area (Å²) in [7, 11) is 0. The largest absolute Gasteiger partial charge is 0.103 e. The molecule has 1 aliphatic carbocycles. The van der Waals surface area contributed by atoms with Gasteiger partial charge in [0.15, 0.2) is 0 Å². The van der Waals surface area contributed by atoms with E-state index in [-0.39, 0.29) is 0 Å². The number of allylic oxidation sites excluding steroid dienone is 1. The number of hydrogen-bond donors (Lipinski definition) is 0. The Bertz CT molecular complexity index is 105. The lowest BCUT2D eigenvalue weighted by Gasteiger charge is -1.95. The molecule has 0 bridgehead atoms. The molecule has 0 heteroatoms. The molecule has 2 atom stereocenters. The van der Waals surface area contributed by atoms with Crippen LogP contribution >= 0.6 is 0 Å². The summed E-state index contributed by atoms with van der Waals surface area (Å²) in [4.78, 5) is 0. The van der Waals surface area contributed by atoms with Crippen LogP contribution in [0.15, 0.2) is 12.7 Å². The van der Waals surface area contributed by atoms with Crippen LogP contribution in [0.1, 0.15) is 39.0 Å². The Morgan fingerprint density at radius 3 is 2.70 bits per heavy atom. The highest BCUT2D eigenvalue weighted by molar-refractivity contribution is 4.82. The summed E-state index contributed by atoms with van der Waals surface area (Å²) < 4.78 is 0. The minimum Gasteiger partial charge on any atom is -0.103 e. The predicted molar refractivity (Wildman–Crippen MR) is 45.9 cm³/mol. The summed E-state index contributed by atoms with van der Waals surface area (Å²) in [5.74, 6) is 2.13. The smallest absolute Gasteiger partial charge is 0.0353 e. The van der Waals surface area contributed by atoms with Crippen molar-refractivity contribution >= 4 is 0 Å². The third kappa shape index (κ3) is 2.55. The lowest BCUT2D eigenvalue weighted by molar-refractivity contribution is 0.605. The van der Waals surface area contributed by atoms with Crippen molar-refractivity contribution in [2.75, 3.05) is 0 Å². The molecule has 0 N–H and O–H groups in total. The third-order valence-corrected chi connectivity index (χ3v) is 2.51. The molecule has 0 saturated heterocycles. The normalized spacial score (nSPS) is 30.1. The van der Waals surface area contributed by atoms with Crippen LogP contribution in [-0.4, -0.2) is 0 Å². The lowest BCUT2D eigenvalue weighted by Crippen LogP contribution is -1.79. The lowest BCUT2D eigenvalue weighted by atomic mass is 10.1. The van der Waals surface area contributed by atoms with Crippen molar-refractivity contribution in [2.45, 2.75) is 39.0 Å². The van der Waals surface area contributed by atoms with Crippen LogP contribution in [0, 0.1) is 11.8 Å². The van der Waals surface area contributed by atoms with Crippen LogP contribution in [0.3, 0.4) is 0 Å². The maximum absolute atomic E-state index is 3.71. The standard InChI is InChI=1S/C10H18/c1-3-4-5-6-7-10-8-9(10)2/h3,9-10H,1,4-8H2,2H3. The Morgan fingerprint density at radius 2 is 2.20 bits per heavy atom. The van der Waals surface area contributed by atoms with Crippen molar-refractivity contribution in [3.05, 3.63) is 12.7 Å². The Labute approximate surface area is 64.3 Å². The molecule has 58 valence electrons. The highest BCUT2D eigenvalue weighted by Gasteiger charge is 2.30. The molecular formula is C10H18. The molecule has 10 heavy (non-hydrogen) atoms. The van der Waals surface area contributed by atoms with Gasteiger partial charge in [-0.2, -0.15) is 0 Å². The SMILES string of the molecule is C=CCCCCC1CC1C. The van der Waals surface area contributed by atoms with E-state index in [1.54, 1.807) is 0 Å². The quantitative estimate of drug-likeness (QED) is 0.403. The first-order chi connectivity index (χ1) is 4.84. The molecule has 0 aromatic carbocycles. The van der Waals surface area contributed by atoms with E-state index in [1.807, 2.05) is 6.08 Å². The molecule has 0 nitrogen and oxygen atoms in total. The van der Waals surface area contributed by atoms with Gasteiger partial charge in [-0.1, -0.05) is 25.8 Å². The summed E-state index contributed by atoms with van der Waals surface area (Å²) in [5.41, 5.74) is 0. The van der Waals surface area contributed by atoms with Crippen molar-refractivity contribution in [3.8, 4) is 0 Å². The van der Waals surface area contributed by atoms with E-state index >= 15 is 0 Å². The Kier molecular flexibility index (Phi) is 2.98. The zero-order valence-electron chi connectivity index (χ0n) is 6.97. The van der Waals surface area contributed by atoms with Crippen LogP contribution < -0.4 is 0 Å². The second kappa shape index (κ2) is 3.80. The van der Waals surface area contributed by atoms with Gasteiger partial charge in [-0.3, -0.25) is 0 Å². The second-order valence-corrected chi connectivity index (χ2v) is 3.55. The summed E-state index contributed by atoms with van der Waals surface area (Å²) >= 11 is 0. The van der Waals surface area contributed by atoms with E-state index in [4.69, 9.17) is 0 Å². The summed E-state index contributed by atoms with van der Waals surface area (Å²) in [6, 6.07) is 0. The fraction of sp³-hybridized carbons (Fsp3) is 0.800. The van der Waals surface area contributed by atoms with Crippen LogP contribution in [0.4, 0.5) is 0 Å². The molecule has 0 aromatic rings. The van der Waals surface area contributed by atoms with Crippen molar-refractivity contribution in [1.82, 2.24) is 0 Å². The zero-order chi connectivity index (χ0) is 7.40. The predicted octanol–water partition coefficient (Wildman–Crippen LogP) is 3.39. The highest BCUT2D eigenvalue weighted by atomic mass is 14.4. The number of rotatable bonds is 5. The molecule has 0 radical (unpaired) electrons. The van der Waals surface area contributed by atoms with Gasteiger partial charge in [0.05, 0.1) is 0 Å². The minimum atomic E-state index is 1.05. The molecule has 2 unspecified atom stereocenters. The molecule has 1 fully saturated rings. The van der Waals surface area contributed by atoms with Crippen LogP contribution in [-0.2, 0) is 0 Å². The Morgan fingerprint density at radius 1 is 1.50 bits per heavy atom. The average Bonchev–Trinajstić information content (AvgIpc) is 2.60. The van der Waals surface area contributed by atoms with E-state index < -0.39 is 0 Å². The molecule has 0 spiro atoms. The van der Waals surface area contributed by atoms with Crippen molar-refractivity contribution in [2.24, 2.45) is 11.8 Å². The van der Waals surface area contributed by atoms with E-state index in [1.165, 1.54) is 32.1 Å². The van der Waals surface area contributed by atoms with Gasteiger partial charge in [0.25, 0.3) is 0 Å². The second-order valence-electron chi connectivity index (χ2n) is 3.55. The first-order valence-electron chi connectivity index (χ1n) is 4.45. The molecule has 0 aliphatic heterocycles. The van der Waals surface area contributed by atoms with Crippen LogP contribution in [0.5, 0.6) is 0 Å². The van der Waals surface area contributed by atoms with Crippen LogP contribution in [0.2, 0.25) is 0 Å². The van der Waals surface area contributed by atoms with E-state index in [9.17, 15) is 0 Å². The van der Waals surface area contributed by atoms with E-state index in [0.29, 0.717) is 0 Å². The van der Waals surface area contributed by atoms with Crippen molar-refractivity contribution < 1.29 is 0 Å². The average molecular weight is 138 g/mol. The fourth-order valence-corrected chi connectivity index (χ4v) is 1.50. The van der Waals surface area contributed by atoms with Gasteiger partial charge in [0, 0.05) is 0 Å². The summed E-state index contributed by atoms with van der Waals surface area (Å²) in [5, 5.41) is 0. The first kappa shape index (κ1) is 7.84. The number of unbranched alkanes of at least 4 members (excludes halogenated alkanes) is 2. The van der Waals surface area contributed by atoms with Gasteiger partial charge in [-0.25, -0.2) is 0 Å². The highest BCUT2D eigenvalue weighted by Crippen LogP contribution is 2.41. The van der Waals surface area contributed by atoms with Gasteiger partial charge in [-0.15, -0.1) is 6.58 Å². The Balaban J connectivity index is 1.82. The van der Waals surface area contributed by atoms with Gasteiger partial charge < -0.3 is 0 Å². The summed E-state index contributed by atoms with van der Waals surface area (Å²) in [6.07, 6.45) is 8.97. The number of hydrogen-bond acceptors (Lipinski definition) is 0. The monoisotopic (exact) mass is 138 g/mol. The maximum Gasteiger partial charge on any atom is -0.0353 e. The topological polar surface area (TPSA) is 0 Å². The maximum atomic E-state index is 3.71. The zero-order valence-corrected chi connectivity index (χ0v) is 6.97. The first-order valence-corrected chi connectivity index (χ1v) is 4.45. The van der Waals surface area contributed by atoms with Gasteiger partial charge in [-0.05, 0) is 31.1 Å². The molecule has 1 aliphatic rings. The summed E-state index contributed by atoms with van der Waals surface area (Å²) in [6.45, 7) is 6.07. The van der Waals surface area contributed by atoms with Crippen molar-refractivity contribution in [3.63, 3.8) is 0 Å². The van der Waals surface area contributed by atoms with E-state index in [2.05, 4.69) is 13.5 Å². The van der Waals surface area contributed by atoms with Crippen molar-refractivity contribution in [1.29, 1.82) is 0 Å². The van der Waals surface area contributed by atoms with Gasteiger partial charge >= 0.3 is 0 Å². The molecule has 1 saturated carbocycles. The molecule has 0 aromatic heterocycles.